The normalized spacial score (nSPS) is 48.6. The van der Waals surface area contributed by atoms with E-state index in [1.807, 2.05) is 0 Å². The van der Waals surface area contributed by atoms with Gasteiger partial charge in [0.25, 0.3) is 0 Å². The molecule has 25 heavy (non-hydrogen) atoms. The second-order valence-corrected chi connectivity index (χ2v) is 11.3. The van der Waals surface area contributed by atoms with Crippen molar-refractivity contribution < 1.29 is 0 Å². The van der Waals surface area contributed by atoms with Crippen LogP contribution >= 0.6 is 0 Å². The SMILES string of the molecule is CCC1C(C)CC1C(C)CC1C(C)CC1CC(C)C1C(C)C1C(C)C. The predicted octanol–water partition coefficient (Wildman–Crippen LogP) is 7.53. The lowest BCUT2D eigenvalue weighted by Gasteiger charge is -2.51. The molecule has 0 aliphatic heterocycles. The summed E-state index contributed by atoms with van der Waals surface area (Å²) >= 11 is 0. The Morgan fingerprint density at radius 3 is 1.88 bits per heavy atom. The van der Waals surface area contributed by atoms with Gasteiger partial charge in [0.2, 0.25) is 0 Å². The topological polar surface area (TPSA) is 0 Å². The lowest BCUT2D eigenvalue weighted by molar-refractivity contribution is -0.0122. The Hall–Kier alpha value is 0. The maximum absolute atomic E-state index is 2.59. The van der Waals surface area contributed by atoms with Gasteiger partial charge in [-0.3, -0.25) is 0 Å². The van der Waals surface area contributed by atoms with Crippen molar-refractivity contribution in [3.63, 3.8) is 0 Å². The van der Waals surface area contributed by atoms with Gasteiger partial charge in [-0.1, -0.05) is 61.8 Å². The van der Waals surface area contributed by atoms with Gasteiger partial charge in [-0.05, 0) is 96.7 Å². The molecule has 0 nitrogen and oxygen atoms in total. The van der Waals surface area contributed by atoms with Crippen LogP contribution in [0.4, 0.5) is 0 Å². The highest BCUT2D eigenvalue weighted by atomic mass is 14.6. The van der Waals surface area contributed by atoms with E-state index in [9.17, 15) is 0 Å². The van der Waals surface area contributed by atoms with Crippen LogP contribution in [0.15, 0.2) is 0 Å². The molecule has 11 atom stereocenters. The zero-order valence-electron chi connectivity index (χ0n) is 18.5. The van der Waals surface area contributed by atoms with E-state index in [2.05, 4.69) is 55.4 Å². The Labute approximate surface area is 158 Å². The minimum absolute atomic E-state index is 0.894. The van der Waals surface area contributed by atoms with Gasteiger partial charge in [-0.2, -0.15) is 0 Å². The molecular weight excluding hydrogens is 300 g/mol. The molecular formula is C25H46. The molecule has 3 aliphatic rings. The maximum atomic E-state index is 2.59. The summed E-state index contributed by atoms with van der Waals surface area (Å²) < 4.78 is 0. The summed E-state index contributed by atoms with van der Waals surface area (Å²) in [5.74, 6) is 12.0. The van der Waals surface area contributed by atoms with Gasteiger partial charge < -0.3 is 0 Å². The van der Waals surface area contributed by atoms with Crippen molar-refractivity contribution in [2.24, 2.45) is 71.0 Å². The first-order valence-electron chi connectivity index (χ1n) is 11.8. The van der Waals surface area contributed by atoms with E-state index in [4.69, 9.17) is 0 Å². The Morgan fingerprint density at radius 1 is 0.760 bits per heavy atom. The van der Waals surface area contributed by atoms with Crippen LogP contribution in [0.2, 0.25) is 0 Å². The molecule has 146 valence electrons. The fraction of sp³-hybridized carbons (Fsp3) is 1.00. The Kier molecular flexibility index (Phi) is 5.97. The van der Waals surface area contributed by atoms with Crippen molar-refractivity contribution >= 4 is 0 Å². The van der Waals surface area contributed by atoms with Crippen LogP contribution in [0.3, 0.4) is 0 Å². The molecule has 0 amide bonds. The summed E-state index contributed by atoms with van der Waals surface area (Å²) in [6, 6.07) is 0. The number of rotatable bonds is 8. The smallest absolute Gasteiger partial charge is 0.0326 e. The van der Waals surface area contributed by atoms with Gasteiger partial charge in [0.1, 0.15) is 0 Å². The van der Waals surface area contributed by atoms with E-state index in [-0.39, 0.29) is 0 Å². The first kappa shape index (κ1) is 19.8. The molecule has 0 aromatic heterocycles. The largest absolute Gasteiger partial charge is 0.0651 e. The van der Waals surface area contributed by atoms with Crippen molar-refractivity contribution in [1.29, 1.82) is 0 Å². The van der Waals surface area contributed by atoms with Crippen molar-refractivity contribution in [2.45, 2.75) is 87.5 Å². The van der Waals surface area contributed by atoms with E-state index >= 15 is 0 Å². The molecule has 0 heterocycles. The molecule has 0 aromatic carbocycles. The monoisotopic (exact) mass is 346 g/mol. The molecule has 3 saturated carbocycles. The van der Waals surface area contributed by atoms with E-state index < -0.39 is 0 Å². The lowest BCUT2D eigenvalue weighted by atomic mass is 9.55. The van der Waals surface area contributed by atoms with Gasteiger partial charge in [-0.25, -0.2) is 0 Å². The number of hydrogen-bond acceptors (Lipinski definition) is 0. The summed E-state index contributed by atoms with van der Waals surface area (Å²) in [7, 11) is 0. The van der Waals surface area contributed by atoms with Gasteiger partial charge in [0.05, 0.1) is 0 Å². The van der Waals surface area contributed by atoms with Gasteiger partial charge >= 0.3 is 0 Å². The van der Waals surface area contributed by atoms with E-state index in [0.717, 1.165) is 71.0 Å². The molecule has 0 bridgehead atoms. The third kappa shape index (κ3) is 3.70. The third-order valence-electron chi connectivity index (χ3n) is 9.40. The molecule has 0 heteroatoms. The van der Waals surface area contributed by atoms with Crippen LogP contribution < -0.4 is 0 Å². The second kappa shape index (κ2) is 7.55. The van der Waals surface area contributed by atoms with Crippen LogP contribution in [0.1, 0.15) is 87.5 Å². The van der Waals surface area contributed by atoms with Crippen LogP contribution in [-0.4, -0.2) is 0 Å². The molecule has 0 spiro atoms. The minimum atomic E-state index is 0.894. The predicted molar refractivity (Wildman–Crippen MR) is 110 cm³/mol. The molecule has 3 aliphatic carbocycles. The van der Waals surface area contributed by atoms with Gasteiger partial charge in [0.15, 0.2) is 0 Å². The van der Waals surface area contributed by atoms with Gasteiger partial charge in [-0.15, -0.1) is 0 Å². The summed E-state index contributed by atoms with van der Waals surface area (Å²) in [6.45, 7) is 20.0. The molecule has 0 saturated heterocycles. The van der Waals surface area contributed by atoms with Crippen LogP contribution in [0, 0.1) is 71.0 Å². The molecule has 0 aromatic rings. The van der Waals surface area contributed by atoms with Crippen LogP contribution in [0.5, 0.6) is 0 Å². The first-order valence-corrected chi connectivity index (χ1v) is 11.8. The summed E-state index contributed by atoms with van der Waals surface area (Å²) in [5, 5.41) is 0. The Morgan fingerprint density at radius 2 is 1.40 bits per heavy atom. The zero-order valence-corrected chi connectivity index (χ0v) is 18.5. The van der Waals surface area contributed by atoms with Crippen molar-refractivity contribution in [3.05, 3.63) is 0 Å². The second-order valence-electron chi connectivity index (χ2n) is 11.3. The van der Waals surface area contributed by atoms with Gasteiger partial charge in [0, 0.05) is 0 Å². The fourth-order valence-electron chi connectivity index (χ4n) is 7.87. The van der Waals surface area contributed by atoms with Crippen molar-refractivity contribution in [3.8, 4) is 0 Å². The van der Waals surface area contributed by atoms with E-state index in [0.29, 0.717) is 0 Å². The van der Waals surface area contributed by atoms with Crippen molar-refractivity contribution in [1.82, 2.24) is 0 Å². The average Bonchev–Trinajstić information content (AvgIpc) is 3.21. The summed E-state index contributed by atoms with van der Waals surface area (Å²) in [5.41, 5.74) is 0. The standard InChI is InChI=1S/C25H46/c1-9-21-16(5)13-23(21)17(6)12-22-15(4)10-20(22)11-18(7)25-19(8)24(25)14(2)3/h14-25H,9-13H2,1-8H3. The van der Waals surface area contributed by atoms with E-state index in [1.165, 1.54) is 32.1 Å². The molecule has 3 fully saturated rings. The highest BCUT2D eigenvalue weighted by Gasteiger charge is 2.52. The fourth-order valence-corrected chi connectivity index (χ4v) is 7.87. The average molecular weight is 347 g/mol. The molecule has 11 unspecified atom stereocenters. The third-order valence-corrected chi connectivity index (χ3v) is 9.40. The summed E-state index contributed by atoms with van der Waals surface area (Å²) in [6.07, 6.45) is 7.50. The summed E-state index contributed by atoms with van der Waals surface area (Å²) in [4.78, 5) is 0. The molecule has 0 N–H and O–H groups in total. The maximum Gasteiger partial charge on any atom is -0.0326 e. The van der Waals surface area contributed by atoms with E-state index in [1.54, 1.807) is 0 Å². The van der Waals surface area contributed by atoms with Crippen LogP contribution in [-0.2, 0) is 0 Å². The number of hydrogen-bond donors (Lipinski definition) is 0. The molecule has 0 radical (unpaired) electrons. The Bertz CT molecular complexity index is 437. The highest BCUT2D eigenvalue weighted by molar-refractivity contribution is 5.00. The Balaban J connectivity index is 1.49. The van der Waals surface area contributed by atoms with Crippen molar-refractivity contribution in [2.75, 3.05) is 0 Å². The quantitative estimate of drug-likeness (QED) is 0.426. The molecule has 3 rings (SSSR count). The first-order chi connectivity index (χ1) is 11.8. The highest BCUT2D eigenvalue weighted by Crippen LogP contribution is 2.58. The zero-order chi connectivity index (χ0) is 18.5. The van der Waals surface area contributed by atoms with Crippen LogP contribution in [0.25, 0.3) is 0 Å². The lowest BCUT2D eigenvalue weighted by Crippen LogP contribution is -2.42. The minimum Gasteiger partial charge on any atom is -0.0651 e.